The normalized spacial score (nSPS) is 13.3. The number of rotatable bonds is 7. The molecule has 1 aromatic heterocycles. The Morgan fingerprint density at radius 3 is 2.68 bits per heavy atom. The Morgan fingerprint density at radius 2 is 1.95 bits per heavy atom. The van der Waals surface area contributed by atoms with Crippen molar-refractivity contribution >= 4 is 11.0 Å². The second-order valence-corrected chi connectivity index (χ2v) is 5.03. The van der Waals surface area contributed by atoms with E-state index in [2.05, 4.69) is 25.2 Å². The largest absolute Gasteiger partial charge is 0.464 e. The standard InChI is InChI=1S/C16H23NO2/c1-3-12(4-2)15(18)10-17-9-13-11-19-16-8-6-5-7-14(13)16/h5-8,11-12,15,17-18H,3-4,9-10H2,1-2H3. The van der Waals surface area contributed by atoms with Crippen molar-refractivity contribution in [3.63, 3.8) is 0 Å². The van der Waals surface area contributed by atoms with Crippen LogP contribution in [0.15, 0.2) is 34.9 Å². The van der Waals surface area contributed by atoms with Crippen LogP contribution in [0.1, 0.15) is 32.3 Å². The van der Waals surface area contributed by atoms with Crippen LogP contribution < -0.4 is 5.32 Å². The maximum atomic E-state index is 10.1. The zero-order valence-electron chi connectivity index (χ0n) is 11.7. The average molecular weight is 261 g/mol. The maximum absolute atomic E-state index is 10.1. The number of benzene rings is 1. The number of furan rings is 1. The minimum atomic E-state index is -0.270. The number of para-hydroxylation sites is 1. The van der Waals surface area contributed by atoms with Gasteiger partial charge in [0, 0.05) is 24.0 Å². The lowest BCUT2D eigenvalue weighted by Gasteiger charge is -2.20. The molecule has 1 aromatic carbocycles. The third-order valence-electron chi connectivity index (χ3n) is 3.82. The van der Waals surface area contributed by atoms with Gasteiger partial charge in [-0.05, 0) is 12.0 Å². The molecule has 0 bridgehead atoms. The SMILES string of the molecule is CCC(CC)C(O)CNCc1coc2ccccc12. The van der Waals surface area contributed by atoms with E-state index in [1.54, 1.807) is 6.26 Å². The van der Waals surface area contributed by atoms with E-state index in [4.69, 9.17) is 4.42 Å². The molecular formula is C16H23NO2. The van der Waals surface area contributed by atoms with Crippen LogP contribution >= 0.6 is 0 Å². The van der Waals surface area contributed by atoms with Crippen LogP contribution in [-0.2, 0) is 6.54 Å². The Morgan fingerprint density at radius 1 is 1.21 bits per heavy atom. The fraction of sp³-hybridized carbons (Fsp3) is 0.500. The zero-order valence-corrected chi connectivity index (χ0v) is 11.7. The van der Waals surface area contributed by atoms with Crippen LogP contribution in [-0.4, -0.2) is 17.8 Å². The molecule has 2 aromatic rings. The molecule has 0 fully saturated rings. The van der Waals surface area contributed by atoms with Crippen molar-refractivity contribution in [2.45, 2.75) is 39.3 Å². The molecular weight excluding hydrogens is 238 g/mol. The Hall–Kier alpha value is -1.32. The first-order valence-corrected chi connectivity index (χ1v) is 7.10. The van der Waals surface area contributed by atoms with E-state index in [9.17, 15) is 5.11 Å². The number of hydrogen-bond acceptors (Lipinski definition) is 3. The van der Waals surface area contributed by atoms with Crippen molar-refractivity contribution in [2.24, 2.45) is 5.92 Å². The topological polar surface area (TPSA) is 45.4 Å². The van der Waals surface area contributed by atoms with Crippen LogP contribution in [0.4, 0.5) is 0 Å². The van der Waals surface area contributed by atoms with Crippen LogP contribution in [0.25, 0.3) is 11.0 Å². The van der Waals surface area contributed by atoms with Gasteiger partial charge in [0.05, 0.1) is 12.4 Å². The first-order chi connectivity index (χ1) is 9.26. The summed E-state index contributed by atoms with van der Waals surface area (Å²) in [4.78, 5) is 0. The molecule has 0 radical (unpaired) electrons. The Labute approximate surface area is 114 Å². The molecule has 0 aliphatic heterocycles. The molecule has 3 nitrogen and oxygen atoms in total. The zero-order chi connectivity index (χ0) is 13.7. The molecule has 0 aliphatic rings. The Kier molecular flexibility index (Phi) is 5.00. The van der Waals surface area contributed by atoms with E-state index in [1.165, 1.54) is 0 Å². The predicted molar refractivity (Wildman–Crippen MR) is 78.0 cm³/mol. The summed E-state index contributed by atoms with van der Waals surface area (Å²) in [5, 5.41) is 14.5. The highest BCUT2D eigenvalue weighted by Gasteiger charge is 2.15. The van der Waals surface area contributed by atoms with Gasteiger partial charge in [-0.3, -0.25) is 0 Å². The van der Waals surface area contributed by atoms with Crippen LogP contribution in [0, 0.1) is 5.92 Å². The number of aliphatic hydroxyl groups excluding tert-OH is 1. The molecule has 2 N–H and O–H groups in total. The molecule has 2 rings (SSSR count). The van der Waals surface area contributed by atoms with Gasteiger partial charge in [0.15, 0.2) is 0 Å². The van der Waals surface area contributed by atoms with E-state index in [-0.39, 0.29) is 6.10 Å². The fourth-order valence-corrected chi connectivity index (χ4v) is 2.52. The van der Waals surface area contributed by atoms with E-state index >= 15 is 0 Å². The fourth-order valence-electron chi connectivity index (χ4n) is 2.52. The second-order valence-electron chi connectivity index (χ2n) is 5.03. The molecule has 0 saturated heterocycles. The van der Waals surface area contributed by atoms with E-state index in [0.29, 0.717) is 12.5 Å². The highest BCUT2D eigenvalue weighted by molar-refractivity contribution is 5.80. The van der Waals surface area contributed by atoms with Gasteiger partial charge in [0.25, 0.3) is 0 Å². The van der Waals surface area contributed by atoms with Gasteiger partial charge in [-0.1, -0.05) is 44.9 Å². The van der Waals surface area contributed by atoms with Gasteiger partial charge in [-0.25, -0.2) is 0 Å². The molecule has 0 aliphatic carbocycles. The van der Waals surface area contributed by atoms with Crippen molar-refractivity contribution in [3.8, 4) is 0 Å². The molecule has 1 heterocycles. The molecule has 1 unspecified atom stereocenters. The summed E-state index contributed by atoms with van der Waals surface area (Å²) < 4.78 is 5.49. The van der Waals surface area contributed by atoms with Gasteiger partial charge in [-0.2, -0.15) is 0 Å². The van der Waals surface area contributed by atoms with Crippen LogP contribution in [0.5, 0.6) is 0 Å². The first-order valence-electron chi connectivity index (χ1n) is 7.10. The molecule has 19 heavy (non-hydrogen) atoms. The summed E-state index contributed by atoms with van der Waals surface area (Å²) in [6.45, 7) is 5.61. The van der Waals surface area contributed by atoms with E-state index in [0.717, 1.165) is 35.9 Å². The van der Waals surface area contributed by atoms with Gasteiger partial charge in [-0.15, -0.1) is 0 Å². The number of aliphatic hydroxyl groups is 1. The second kappa shape index (κ2) is 6.73. The first kappa shape index (κ1) is 14.1. The van der Waals surface area contributed by atoms with Crippen molar-refractivity contribution in [1.29, 1.82) is 0 Å². The lowest BCUT2D eigenvalue weighted by Crippen LogP contribution is -2.32. The lowest BCUT2D eigenvalue weighted by atomic mass is 9.96. The molecule has 0 saturated carbocycles. The molecule has 104 valence electrons. The smallest absolute Gasteiger partial charge is 0.134 e. The summed E-state index contributed by atoms with van der Waals surface area (Å²) in [5.74, 6) is 0.383. The molecule has 0 spiro atoms. The summed E-state index contributed by atoms with van der Waals surface area (Å²) in [6, 6.07) is 8.02. The summed E-state index contributed by atoms with van der Waals surface area (Å²) in [5.41, 5.74) is 2.06. The van der Waals surface area contributed by atoms with Gasteiger partial charge >= 0.3 is 0 Å². The molecule has 1 atom stereocenters. The van der Waals surface area contributed by atoms with Crippen molar-refractivity contribution in [1.82, 2.24) is 5.32 Å². The minimum Gasteiger partial charge on any atom is -0.464 e. The van der Waals surface area contributed by atoms with E-state index < -0.39 is 0 Å². The number of hydrogen-bond donors (Lipinski definition) is 2. The van der Waals surface area contributed by atoms with Crippen molar-refractivity contribution in [3.05, 3.63) is 36.1 Å². The predicted octanol–water partition coefficient (Wildman–Crippen LogP) is 3.32. The maximum Gasteiger partial charge on any atom is 0.134 e. The van der Waals surface area contributed by atoms with Gasteiger partial charge < -0.3 is 14.8 Å². The van der Waals surface area contributed by atoms with Crippen molar-refractivity contribution < 1.29 is 9.52 Å². The third-order valence-corrected chi connectivity index (χ3v) is 3.82. The minimum absolute atomic E-state index is 0.270. The lowest BCUT2D eigenvalue weighted by molar-refractivity contribution is 0.101. The Bertz CT molecular complexity index is 502. The van der Waals surface area contributed by atoms with Gasteiger partial charge in [0.2, 0.25) is 0 Å². The summed E-state index contributed by atoms with van der Waals surface area (Å²) in [7, 11) is 0. The third kappa shape index (κ3) is 3.37. The Balaban J connectivity index is 1.89. The van der Waals surface area contributed by atoms with Gasteiger partial charge in [0.1, 0.15) is 5.58 Å². The highest BCUT2D eigenvalue weighted by Crippen LogP contribution is 2.20. The summed E-state index contributed by atoms with van der Waals surface area (Å²) in [6.07, 6.45) is 3.57. The average Bonchev–Trinajstić information content (AvgIpc) is 2.84. The van der Waals surface area contributed by atoms with Crippen LogP contribution in [0.2, 0.25) is 0 Å². The summed E-state index contributed by atoms with van der Waals surface area (Å²) >= 11 is 0. The quantitative estimate of drug-likeness (QED) is 0.803. The number of nitrogens with one attached hydrogen (secondary N) is 1. The van der Waals surface area contributed by atoms with E-state index in [1.807, 2.05) is 18.2 Å². The van der Waals surface area contributed by atoms with Crippen molar-refractivity contribution in [2.75, 3.05) is 6.54 Å². The highest BCUT2D eigenvalue weighted by atomic mass is 16.3. The molecule has 0 amide bonds. The van der Waals surface area contributed by atoms with Crippen LogP contribution in [0.3, 0.4) is 0 Å². The number of fused-ring (bicyclic) bond motifs is 1. The monoisotopic (exact) mass is 261 g/mol. The molecule has 3 heteroatoms.